The molecule has 166 valence electrons. The Bertz CT molecular complexity index is 558. The number of hydrogen-bond donors (Lipinski definition) is 5. The number of nitrogens with two attached hydrogens (primary N) is 1. The van der Waals surface area contributed by atoms with Crippen LogP contribution in [-0.2, 0) is 19.2 Å². The van der Waals surface area contributed by atoms with Crippen molar-refractivity contribution in [3.63, 3.8) is 0 Å². The Morgan fingerprint density at radius 1 is 0.621 bits per heavy atom. The van der Waals surface area contributed by atoms with Gasteiger partial charge in [-0.15, -0.1) is 0 Å². The summed E-state index contributed by atoms with van der Waals surface area (Å²) in [7, 11) is 0. The normalized spacial score (nSPS) is 20.3. The van der Waals surface area contributed by atoms with E-state index in [1.54, 1.807) is 14.7 Å². The third-order valence-corrected chi connectivity index (χ3v) is 4.59. The molecule has 0 spiro atoms. The van der Waals surface area contributed by atoms with Gasteiger partial charge in [-0.05, 0) is 0 Å². The molecule has 1 aliphatic rings. The molecule has 0 amide bonds. The topological polar surface area (TPSA) is 188 Å². The molecule has 13 nitrogen and oxygen atoms in total. The quantitative estimate of drug-likeness (QED) is 0.265. The first-order valence-corrected chi connectivity index (χ1v) is 9.13. The van der Waals surface area contributed by atoms with Crippen molar-refractivity contribution in [2.45, 2.75) is 6.17 Å². The van der Waals surface area contributed by atoms with E-state index < -0.39 is 30.0 Å². The van der Waals surface area contributed by atoms with Gasteiger partial charge in [0.1, 0.15) is 0 Å². The van der Waals surface area contributed by atoms with Crippen LogP contribution >= 0.6 is 0 Å². The maximum Gasteiger partial charge on any atom is 0.335 e. The summed E-state index contributed by atoms with van der Waals surface area (Å²) in [6.45, 7) is 1.02. The van der Waals surface area contributed by atoms with Gasteiger partial charge in [0.2, 0.25) is 0 Å². The van der Waals surface area contributed by atoms with Crippen LogP contribution < -0.4 is 5.73 Å². The number of rotatable bonds is 8. The highest BCUT2D eigenvalue weighted by Gasteiger charge is 2.25. The summed E-state index contributed by atoms with van der Waals surface area (Å²) >= 11 is 0. The van der Waals surface area contributed by atoms with Crippen molar-refractivity contribution in [2.75, 3.05) is 72.0 Å². The predicted molar refractivity (Wildman–Crippen MR) is 99.4 cm³/mol. The predicted octanol–water partition coefficient (Wildman–Crippen LogP) is -3.17. The van der Waals surface area contributed by atoms with Gasteiger partial charge in [0.05, 0.1) is 19.6 Å². The highest BCUT2D eigenvalue weighted by Crippen LogP contribution is 2.03. The highest BCUT2D eigenvalue weighted by atomic mass is 16.4. The maximum absolute atomic E-state index is 11.3. The van der Waals surface area contributed by atoms with Crippen molar-refractivity contribution >= 4 is 23.9 Å². The van der Waals surface area contributed by atoms with Gasteiger partial charge in [-0.2, -0.15) is 0 Å². The average molecular weight is 419 g/mol. The molecule has 0 bridgehead atoms. The Morgan fingerprint density at radius 3 is 1.14 bits per heavy atom. The van der Waals surface area contributed by atoms with Crippen LogP contribution in [0.25, 0.3) is 0 Å². The third-order valence-electron chi connectivity index (χ3n) is 4.59. The first-order valence-electron chi connectivity index (χ1n) is 9.13. The Balaban J connectivity index is 2.98. The van der Waals surface area contributed by atoms with Crippen molar-refractivity contribution < 1.29 is 39.6 Å². The van der Waals surface area contributed by atoms with Crippen LogP contribution in [0.15, 0.2) is 0 Å². The minimum Gasteiger partial charge on any atom is -0.480 e. The first kappa shape index (κ1) is 24.7. The van der Waals surface area contributed by atoms with Crippen molar-refractivity contribution in [1.82, 2.24) is 19.6 Å². The van der Waals surface area contributed by atoms with Gasteiger partial charge in [0.15, 0.2) is 6.17 Å². The van der Waals surface area contributed by atoms with Gasteiger partial charge in [0, 0.05) is 52.4 Å². The van der Waals surface area contributed by atoms with E-state index in [0.717, 1.165) is 0 Å². The van der Waals surface area contributed by atoms with Crippen molar-refractivity contribution in [1.29, 1.82) is 0 Å². The standard InChI is InChI=1S/C16H29N5O8/c17-15(16(28)29)21-7-5-19(10-13(24)25)3-1-18(9-12(22)23)2-4-20(6-8-21)11-14(26)27/h15H,1-11,17H2,(H,22,23)(H,24,25)(H,26,27)(H,28,29). The molecule has 1 atom stereocenters. The summed E-state index contributed by atoms with van der Waals surface area (Å²) in [4.78, 5) is 50.9. The molecule has 1 saturated heterocycles. The van der Waals surface area contributed by atoms with E-state index in [9.17, 15) is 24.3 Å². The zero-order valence-electron chi connectivity index (χ0n) is 16.1. The summed E-state index contributed by atoms with van der Waals surface area (Å²) in [6, 6.07) is 0. The number of aliphatic carboxylic acids is 4. The molecular weight excluding hydrogens is 390 g/mol. The molecule has 0 aliphatic carbocycles. The third kappa shape index (κ3) is 10.1. The second-order valence-corrected chi connectivity index (χ2v) is 6.83. The summed E-state index contributed by atoms with van der Waals surface area (Å²) in [5.74, 6) is -4.38. The van der Waals surface area contributed by atoms with Crippen LogP contribution in [-0.4, -0.2) is 142 Å². The molecule has 0 saturated carbocycles. The van der Waals surface area contributed by atoms with Gasteiger partial charge >= 0.3 is 23.9 Å². The van der Waals surface area contributed by atoms with Crippen LogP contribution in [0.3, 0.4) is 0 Å². The minimum atomic E-state index is -1.31. The molecule has 1 unspecified atom stereocenters. The number of nitrogens with zero attached hydrogens (tertiary/aromatic N) is 4. The molecule has 6 N–H and O–H groups in total. The summed E-state index contributed by atoms with van der Waals surface area (Å²) < 4.78 is 0. The molecule has 0 aromatic heterocycles. The van der Waals surface area contributed by atoms with Crippen molar-refractivity contribution in [3.05, 3.63) is 0 Å². The lowest BCUT2D eigenvalue weighted by molar-refractivity contribution is -0.144. The van der Waals surface area contributed by atoms with Crippen LogP contribution in [0.5, 0.6) is 0 Å². The van der Waals surface area contributed by atoms with Gasteiger partial charge < -0.3 is 26.2 Å². The molecule has 0 aromatic rings. The Morgan fingerprint density at radius 2 is 0.897 bits per heavy atom. The Labute approximate surface area is 167 Å². The van der Waals surface area contributed by atoms with Gasteiger partial charge in [-0.3, -0.25) is 34.0 Å². The lowest BCUT2D eigenvalue weighted by atomic mass is 10.3. The lowest BCUT2D eigenvalue weighted by Crippen LogP contribution is -2.54. The van der Waals surface area contributed by atoms with Gasteiger partial charge in [0.25, 0.3) is 0 Å². The zero-order chi connectivity index (χ0) is 22.0. The van der Waals surface area contributed by atoms with E-state index in [-0.39, 0.29) is 72.0 Å². The monoisotopic (exact) mass is 419 g/mol. The van der Waals surface area contributed by atoms with E-state index in [0.29, 0.717) is 0 Å². The Hall–Kier alpha value is -2.32. The second kappa shape index (κ2) is 12.3. The van der Waals surface area contributed by atoms with E-state index in [4.69, 9.17) is 21.1 Å². The fourth-order valence-corrected chi connectivity index (χ4v) is 3.04. The molecule has 29 heavy (non-hydrogen) atoms. The van der Waals surface area contributed by atoms with Gasteiger partial charge in [-0.1, -0.05) is 0 Å². The SMILES string of the molecule is NC(C(=O)O)N1CCN(CC(=O)O)CCN(CC(=O)O)CCN(CC(=O)O)CC1. The van der Waals surface area contributed by atoms with Crippen molar-refractivity contribution in [2.24, 2.45) is 5.73 Å². The summed E-state index contributed by atoms with van der Waals surface area (Å²) in [5.41, 5.74) is 5.73. The van der Waals surface area contributed by atoms with Crippen LogP contribution in [0, 0.1) is 0 Å². The molecule has 1 heterocycles. The maximum atomic E-state index is 11.3. The molecular formula is C16H29N5O8. The van der Waals surface area contributed by atoms with Gasteiger partial charge in [-0.25, -0.2) is 4.79 Å². The zero-order valence-corrected chi connectivity index (χ0v) is 16.1. The van der Waals surface area contributed by atoms with E-state index in [1.165, 1.54) is 4.90 Å². The number of hydrogen-bond acceptors (Lipinski definition) is 9. The number of carbonyl (C=O) groups is 4. The smallest absolute Gasteiger partial charge is 0.335 e. The van der Waals surface area contributed by atoms with E-state index in [2.05, 4.69) is 0 Å². The molecule has 1 fully saturated rings. The average Bonchev–Trinajstić information content (AvgIpc) is 2.59. The molecule has 0 radical (unpaired) electrons. The van der Waals surface area contributed by atoms with E-state index >= 15 is 0 Å². The molecule has 0 aromatic carbocycles. The number of carboxylic acid groups (broad SMARTS) is 4. The Kier molecular flexibility index (Phi) is 10.5. The first-order chi connectivity index (χ1) is 13.6. The summed E-state index contributed by atoms with van der Waals surface area (Å²) in [6.07, 6.45) is -1.31. The fourth-order valence-electron chi connectivity index (χ4n) is 3.04. The van der Waals surface area contributed by atoms with E-state index in [1.807, 2.05) is 0 Å². The highest BCUT2D eigenvalue weighted by molar-refractivity contribution is 5.72. The van der Waals surface area contributed by atoms with Crippen LogP contribution in [0.2, 0.25) is 0 Å². The molecule has 1 aliphatic heterocycles. The van der Waals surface area contributed by atoms with Crippen LogP contribution in [0.4, 0.5) is 0 Å². The minimum absolute atomic E-state index is 0.167. The molecule has 13 heteroatoms. The number of carboxylic acids is 4. The van der Waals surface area contributed by atoms with Crippen LogP contribution in [0.1, 0.15) is 0 Å². The molecule has 1 rings (SSSR count). The fraction of sp³-hybridized carbons (Fsp3) is 0.750. The summed E-state index contributed by atoms with van der Waals surface area (Å²) in [5, 5.41) is 36.5. The second-order valence-electron chi connectivity index (χ2n) is 6.83. The van der Waals surface area contributed by atoms with Crippen molar-refractivity contribution in [3.8, 4) is 0 Å². The lowest BCUT2D eigenvalue weighted by Gasteiger charge is -2.34. The largest absolute Gasteiger partial charge is 0.480 e.